The van der Waals surface area contributed by atoms with Crippen LogP contribution in [0.2, 0.25) is 0 Å². The number of carbonyl (C=O) groups is 3. The molecule has 0 spiro atoms. The second-order valence-electron chi connectivity index (χ2n) is 10.4. The highest BCUT2D eigenvalue weighted by atomic mass is 16.5. The lowest BCUT2D eigenvalue weighted by Crippen LogP contribution is -2.51. The van der Waals surface area contributed by atoms with Crippen LogP contribution in [0.1, 0.15) is 62.3 Å². The first-order valence-corrected chi connectivity index (χ1v) is 13.6. The maximum Gasteiger partial charge on any atom is 0.437 e. The summed E-state index contributed by atoms with van der Waals surface area (Å²) in [6, 6.07) is 10.5. The van der Waals surface area contributed by atoms with Crippen LogP contribution in [0.15, 0.2) is 76.2 Å². The number of rotatable bonds is 14. The van der Waals surface area contributed by atoms with E-state index >= 15 is 0 Å². The standard InChI is InChI=1S/C30H37N5O6/c1-20(2)12-14-24(26(36)28-34-35(30(39)41-28)18-23-11-8-16-31-17-23)32-27(37)25(15-13-21(3)4)33-29(38)40-19-22-9-6-5-7-10-22/h5-11,13,15-17,20-21,24-25H,12,14,18-19H2,1-4H3,(H,32,37)(H,33,38)/b15-13+/t24-,25?/m0/s1. The van der Waals surface area contributed by atoms with Gasteiger partial charge in [0.05, 0.1) is 12.6 Å². The first-order chi connectivity index (χ1) is 19.6. The van der Waals surface area contributed by atoms with Crippen LogP contribution in [-0.4, -0.2) is 44.6 Å². The molecular weight excluding hydrogens is 526 g/mol. The topological polar surface area (TPSA) is 145 Å². The van der Waals surface area contributed by atoms with Gasteiger partial charge < -0.3 is 19.8 Å². The SMILES string of the molecule is CC(C)/C=C/C(NC(=O)OCc1ccccc1)C(=O)N[C@@H](CCC(C)C)C(=O)c1nn(Cc2cccnc2)c(=O)o1. The van der Waals surface area contributed by atoms with E-state index in [1.54, 1.807) is 36.7 Å². The number of nitrogens with zero attached hydrogens (tertiary/aromatic N) is 3. The Bertz CT molecular complexity index is 1360. The van der Waals surface area contributed by atoms with Gasteiger partial charge in [-0.25, -0.2) is 9.59 Å². The average Bonchev–Trinajstić information content (AvgIpc) is 3.32. The molecule has 11 heteroatoms. The maximum atomic E-state index is 13.4. The largest absolute Gasteiger partial charge is 0.445 e. The van der Waals surface area contributed by atoms with Gasteiger partial charge in [0.15, 0.2) is 0 Å². The molecular formula is C30H37N5O6. The summed E-state index contributed by atoms with van der Waals surface area (Å²) in [4.78, 5) is 55.7. The molecule has 1 aromatic carbocycles. The Morgan fingerprint density at radius 2 is 1.71 bits per heavy atom. The number of aromatic nitrogens is 3. The van der Waals surface area contributed by atoms with E-state index in [0.29, 0.717) is 12.0 Å². The molecule has 2 aromatic heterocycles. The van der Waals surface area contributed by atoms with E-state index < -0.39 is 41.5 Å². The van der Waals surface area contributed by atoms with Gasteiger partial charge in [0.1, 0.15) is 12.6 Å². The van der Waals surface area contributed by atoms with Crippen molar-refractivity contribution < 1.29 is 23.5 Å². The van der Waals surface area contributed by atoms with Crippen molar-refractivity contribution in [1.29, 1.82) is 0 Å². The molecule has 0 radical (unpaired) electrons. The molecule has 11 nitrogen and oxygen atoms in total. The highest BCUT2D eigenvalue weighted by Gasteiger charge is 2.30. The van der Waals surface area contributed by atoms with Gasteiger partial charge in [0.25, 0.3) is 5.89 Å². The lowest BCUT2D eigenvalue weighted by Gasteiger charge is -2.21. The van der Waals surface area contributed by atoms with Crippen LogP contribution in [0.5, 0.6) is 0 Å². The van der Waals surface area contributed by atoms with E-state index in [1.165, 1.54) is 0 Å². The lowest BCUT2D eigenvalue weighted by atomic mass is 10.00. The number of allylic oxidation sites excluding steroid dienone is 1. The first kappa shape index (κ1) is 31.0. The van der Waals surface area contributed by atoms with E-state index in [9.17, 15) is 19.2 Å². The quantitative estimate of drug-likeness (QED) is 0.222. The van der Waals surface area contributed by atoms with Crippen molar-refractivity contribution in [3.63, 3.8) is 0 Å². The molecule has 0 fully saturated rings. The fourth-order valence-corrected chi connectivity index (χ4v) is 3.78. The molecule has 2 amide bonds. The maximum absolute atomic E-state index is 13.4. The Morgan fingerprint density at radius 3 is 2.37 bits per heavy atom. The Morgan fingerprint density at radius 1 is 0.976 bits per heavy atom. The molecule has 0 saturated heterocycles. The van der Waals surface area contributed by atoms with Gasteiger partial charge in [-0.3, -0.25) is 14.6 Å². The molecule has 0 aliphatic carbocycles. The summed E-state index contributed by atoms with van der Waals surface area (Å²) in [6.45, 7) is 7.94. The molecule has 0 aliphatic heterocycles. The van der Waals surface area contributed by atoms with Crippen molar-refractivity contribution in [2.24, 2.45) is 11.8 Å². The fourth-order valence-electron chi connectivity index (χ4n) is 3.78. The number of nitrogens with one attached hydrogen (secondary N) is 2. The van der Waals surface area contributed by atoms with Crippen LogP contribution < -0.4 is 16.4 Å². The predicted octanol–water partition coefficient (Wildman–Crippen LogP) is 3.89. The molecule has 2 heterocycles. The van der Waals surface area contributed by atoms with Gasteiger partial charge in [-0.2, -0.15) is 4.68 Å². The van der Waals surface area contributed by atoms with Gasteiger partial charge >= 0.3 is 11.8 Å². The van der Waals surface area contributed by atoms with Crippen LogP contribution in [0, 0.1) is 11.8 Å². The molecule has 3 rings (SSSR count). The number of hydrogen-bond acceptors (Lipinski definition) is 8. The number of Topliss-reactive ketones (excluding diaryl/α,β-unsaturated/α-hetero) is 1. The van der Waals surface area contributed by atoms with Crippen molar-refractivity contribution in [3.8, 4) is 0 Å². The van der Waals surface area contributed by atoms with Crippen molar-refractivity contribution in [1.82, 2.24) is 25.4 Å². The minimum absolute atomic E-state index is 0.0329. The normalized spacial score (nSPS) is 12.8. The predicted molar refractivity (Wildman–Crippen MR) is 152 cm³/mol. The lowest BCUT2D eigenvalue weighted by molar-refractivity contribution is -0.122. The minimum atomic E-state index is -1.11. The van der Waals surface area contributed by atoms with E-state index in [-0.39, 0.29) is 31.4 Å². The second kappa shape index (κ2) is 15.3. The summed E-state index contributed by atoms with van der Waals surface area (Å²) in [5, 5.41) is 9.35. The molecule has 0 saturated carbocycles. The molecule has 41 heavy (non-hydrogen) atoms. The molecule has 1 unspecified atom stereocenters. The zero-order valence-electron chi connectivity index (χ0n) is 23.8. The van der Waals surface area contributed by atoms with Gasteiger partial charge in [-0.15, -0.1) is 5.10 Å². The van der Waals surface area contributed by atoms with Crippen molar-refractivity contribution in [3.05, 3.63) is 94.6 Å². The zero-order chi connectivity index (χ0) is 29.8. The van der Waals surface area contributed by atoms with Crippen molar-refractivity contribution in [2.45, 2.75) is 65.8 Å². The third-order valence-electron chi connectivity index (χ3n) is 5.99. The number of ether oxygens (including phenoxy) is 1. The third kappa shape index (κ3) is 10.2. The van der Waals surface area contributed by atoms with Gasteiger partial charge in [-0.1, -0.05) is 76.2 Å². The van der Waals surface area contributed by atoms with Gasteiger partial charge in [-0.05, 0) is 41.9 Å². The third-order valence-corrected chi connectivity index (χ3v) is 5.99. The second-order valence-corrected chi connectivity index (χ2v) is 10.4. The zero-order valence-corrected chi connectivity index (χ0v) is 23.8. The highest BCUT2D eigenvalue weighted by Crippen LogP contribution is 2.12. The van der Waals surface area contributed by atoms with E-state index in [0.717, 1.165) is 10.2 Å². The average molecular weight is 564 g/mol. The number of carbonyl (C=O) groups excluding carboxylic acids is 3. The summed E-state index contributed by atoms with van der Waals surface area (Å²) in [5.74, 6) is -2.12. The number of hydrogen-bond donors (Lipinski definition) is 2. The molecule has 218 valence electrons. The van der Waals surface area contributed by atoms with E-state index in [2.05, 4.69) is 20.7 Å². The monoisotopic (exact) mass is 563 g/mol. The van der Waals surface area contributed by atoms with Crippen LogP contribution in [0.3, 0.4) is 0 Å². The van der Waals surface area contributed by atoms with Gasteiger partial charge in [0.2, 0.25) is 11.7 Å². The van der Waals surface area contributed by atoms with Crippen LogP contribution in [-0.2, 0) is 22.7 Å². The fraction of sp³-hybridized carbons (Fsp3) is 0.400. The summed E-state index contributed by atoms with van der Waals surface area (Å²) < 4.78 is 11.5. The molecule has 0 aliphatic rings. The Labute approximate surface area is 239 Å². The Balaban J connectivity index is 1.75. The van der Waals surface area contributed by atoms with Crippen LogP contribution in [0.4, 0.5) is 4.79 Å². The minimum Gasteiger partial charge on any atom is -0.445 e. The highest BCUT2D eigenvalue weighted by molar-refractivity contribution is 5.99. The van der Waals surface area contributed by atoms with Crippen LogP contribution in [0.25, 0.3) is 0 Å². The van der Waals surface area contributed by atoms with Crippen molar-refractivity contribution >= 4 is 17.8 Å². The number of ketones is 1. The molecule has 0 bridgehead atoms. The molecule has 3 aromatic rings. The number of pyridine rings is 1. The van der Waals surface area contributed by atoms with Crippen molar-refractivity contribution in [2.75, 3.05) is 0 Å². The summed E-state index contributed by atoms with van der Waals surface area (Å²) in [5.41, 5.74) is 1.50. The molecule has 2 atom stereocenters. The Kier molecular flexibility index (Phi) is 11.6. The van der Waals surface area contributed by atoms with E-state index in [1.807, 2.05) is 58.0 Å². The Hall–Kier alpha value is -4.54. The number of amides is 2. The summed E-state index contributed by atoms with van der Waals surface area (Å²) >= 11 is 0. The summed E-state index contributed by atoms with van der Waals surface area (Å²) in [6.07, 6.45) is 6.61. The van der Waals surface area contributed by atoms with E-state index in [4.69, 9.17) is 9.15 Å². The summed E-state index contributed by atoms with van der Waals surface area (Å²) in [7, 11) is 0. The van der Waals surface area contributed by atoms with Gasteiger partial charge in [0, 0.05) is 12.4 Å². The first-order valence-electron chi connectivity index (χ1n) is 13.6. The number of alkyl carbamates (subject to hydrolysis) is 1. The smallest absolute Gasteiger partial charge is 0.437 e. The number of benzene rings is 1. The van der Waals surface area contributed by atoms with Crippen LogP contribution >= 0.6 is 0 Å². The molecule has 2 N–H and O–H groups in total.